The maximum Gasteiger partial charge on any atom is 0.160 e. The van der Waals surface area contributed by atoms with E-state index in [1.54, 1.807) is 0 Å². The molecule has 6 heteroatoms. The first kappa shape index (κ1) is 16.2. The van der Waals surface area contributed by atoms with Crippen molar-refractivity contribution < 1.29 is 4.74 Å². The molecule has 1 saturated heterocycles. The number of rotatable bonds is 6. The topological polar surface area (TPSA) is 64.0 Å². The lowest BCUT2D eigenvalue weighted by Crippen LogP contribution is -2.29. The molecule has 0 bridgehead atoms. The molecule has 1 aliphatic heterocycles. The van der Waals surface area contributed by atoms with Crippen molar-refractivity contribution in [2.75, 3.05) is 25.6 Å². The lowest BCUT2D eigenvalue weighted by molar-refractivity contribution is 0.0904. The van der Waals surface area contributed by atoms with Gasteiger partial charge in [0.25, 0.3) is 0 Å². The minimum absolute atomic E-state index is 0.458. The molecule has 0 aliphatic carbocycles. The number of nitrogens with one attached hydrogen (secondary N) is 2. The van der Waals surface area contributed by atoms with Crippen molar-refractivity contribution in [3.63, 3.8) is 0 Å². The summed E-state index contributed by atoms with van der Waals surface area (Å²) in [4.78, 5) is 4.89. The van der Waals surface area contributed by atoms with Gasteiger partial charge in [0, 0.05) is 43.6 Å². The van der Waals surface area contributed by atoms with Gasteiger partial charge in [-0.2, -0.15) is 5.10 Å². The number of fused-ring (bicyclic) bond motifs is 1. The average Bonchev–Trinajstić information content (AvgIpc) is 3.00. The average molecular weight is 317 g/mol. The van der Waals surface area contributed by atoms with E-state index in [4.69, 9.17) is 9.72 Å². The second-order valence-corrected chi connectivity index (χ2v) is 6.02. The molecule has 23 heavy (non-hydrogen) atoms. The fourth-order valence-electron chi connectivity index (χ4n) is 3.28. The van der Waals surface area contributed by atoms with E-state index >= 15 is 0 Å². The summed E-state index contributed by atoms with van der Waals surface area (Å²) in [6, 6.07) is 0.458. The number of nitrogens with zero attached hydrogens (tertiary/aromatic N) is 3. The van der Waals surface area contributed by atoms with Crippen molar-refractivity contribution in [1.29, 1.82) is 0 Å². The molecule has 2 aromatic heterocycles. The van der Waals surface area contributed by atoms with Gasteiger partial charge in [0.15, 0.2) is 5.65 Å². The van der Waals surface area contributed by atoms with Crippen LogP contribution in [-0.4, -0.2) is 41.1 Å². The molecular weight excluding hydrogens is 290 g/mol. The Morgan fingerprint density at radius 2 is 2.09 bits per heavy atom. The van der Waals surface area contributed by atoms with Gasteiger partial charge >= 0.3 is 0 Å². The Balaban J connectivity index is 2.09. The first-order valence-corrected chi connectivity index (χ1v) is 8.64. The molecule has 3 heterocycles. The molecule has 2 N–H and O–H groups in total. The van der Waals surface area contributed by atoms with Crippen molar-refractivity contribution in [1.82, 2.24) is 20.1 Å². The fourth-order valence-corrected chi connectivity index (χ4v) is 3.28. The van der Waals surface area contributed by atoms with Gasteiger partial charge in [-0.1, -0.05) is 6.92 Å². The Morgan fingerprint density at radius 1 is 1.30 bits per heavy atom. The molecule has 0 aromatic carbocycles. The molecule has 3 rings (SSSR count). The first-order valence-electron chi connectivity index (χ1n) is 8.64. The van der Waals surface area contributed by atoms with Gasteiger partial charge in [0.05, 0.1) is 17.3 Å². The van der Waals surface area contributed by atoms with Crippen LogP contribution in [0.1, 0.15) is 37.9 Å². The highest BCUT2D eigenvalue weighted by Gasteiger charge is 2.21. The van der Waals surface area contributed by atoms with Gasteiger partial charge in [-0.25, -0.2) is 9.67 Å². The summed E-state index contributed by atoms with van der Waals surface area (Å²) in [6.07, 6.45) is 4.97. The standard InChI is InChI=1S/C17H27N5O/c1-4-15-13(10-18-3)16(20-12-6-8-23-9-7-12)14-11-19-22(5-2)17(14)21-15/h11-12,18H,4-10H2,1-3H3,(H,20,21). The summed E-state index contributed by atoms with van der Waals surface area (Å²) in [5.74, 6) is 0. The zero-order chi connectivity index (χ0) is 16.2. The molecule has 0 radical (unpaired) electrons. The number of anilines is 1. The molecule has 1 aliphatic rings. The number of pyridine rings is 1. The summed E-state index contributed by atoms with van der Waals surface area (Å²) < 4.78 is 7.47. The lowest BCUT2D eigenvalue weighted by atomic mass is 10.0. The molecule has 1 fully saturated rings. The van der Waals surface area contributed by atoms with Crippen LogP contribution >= 0.6 is 0 Å². The lowest BCUT2D eigenvalue weighted by Gasteiger charge is -2.26. The van der Waals surface area contributed by atoms with Crippen LogP contribution in [0.5, 0.6) is 0 Å². The third-order valence-electron chi connectivity index (χ3n) is 4.53. The Morgan fingerprint density at radius 3 is 2.74 bits per heavy atom. The minimum atomic E-state index is 0.458. The molecule has 126 valence electrons. The van der Waals surface area contributed by atoms with Gasteiger partial charge in [-0.15, -0.1) is 0 Å². The molecule has 0 spiro atoms. The number of hydrogen-bond acceptors (Lipinski definition) is 5. The zero-order valence-electron chi connectivity index (χ0n) is 14.4. The third kappa shape index (κ3) is 3.19. The summed E-state index contributed by atoms with van der Waals surface area (Å²) in [6.45, 7) is 7.59. The van der Waals surface area contributed by atoms with Gasteiger partial charge in [0.2, 0.25) is 0 Å². The summed E-state index contributed by atoms with van der Waals surface area (Å²) in [5, 5.41) is 12.7. The molecule has 0 atom stereocenters. The maximum atomic E-state index is 5.49. The molecule has 0 unspecified atom stereocenters. The van der Waals surface area contributed by atoms with E-state index in [9.17, 15) is 0 Å². The fraction of sp³-hybridized carbons (Fsp3) is 0.647. The van der Waals surface area contributed by atoms with Crippen molar-refractivity contribution in [3.8, 4) is 0 Å². The number of ether oxygens (including phenoxy) is 1. The van der Waals surface area contributed by atoms with Crippen LogP contribution < -0.4 is 10.6 Å². The minimum Gasteiger partial charge on any atom is -0.381 e. The molecule has 0 amide bonds. The van der Waals surface area contributed by atoms with Gasteiger partial charge in [-0.05, 0) is 33.2 Å². The summed E-state index contributed by atoms with van der Waals surface area (Å²) in [5.41, 5.74) is 4.60. The maximum absolute atomic E-state index is 5.49. The van der Waals surface area contributed by atoms with E-state index < -0.39 is 0 Å². The van der Waals surface area contributed by atoms with Crippen molar-refractivity contribution in [3.05, 3.63) is 17.5 Å². The van der Waals surface area contributed by atoms with Crippen LogP contribution in [-0.2, 0) is 24.2 Å². The number of hydrogen-bond donors (Lipinski definition) is 2. The van der Waals surface area contributed by atoms with E-state index in [-0.39, 0.29) is 0 Å². The van der Waals surface area contributed by atoms with Crippen molar-refractivity contribution in [2.45, 2.75) is 52.2 Å². The van der Waals surface area contributed by atoms with E-state index in [1.807, 2.05) is 17.9 Å². The van der Waals surface area contributed by atoms with E-state index in [0.29, 0.717) is 6.04 Å². The van der Waals surface area contributed by atoms with Crippen LogP contribution in [0.4, 0.5) is 5.69 Å². The first-order chi connectivity index (χ1) is 11.3. The third-order valence-corrected chi connectivity index (χ3v) is 4.53. The number of aromatic nitrogens is 3. The highest BCUT2D eigenvalue weighted by Crippen LogP contribution is 2.31. The van der Waals surface area contributed by atoms with E-state index in [1.165, 1.54) is 11.3 Å². The Labute approximate surface area is 137 Å². The highest BCUT2D eigenvalue weighted by atomic mass is 16.5. The van der Waals surface area contributed by atoms with Crippen LogP contribution in [0, 0.1) is 0 Å². The predicted molar refractivity (Wildman–Crippen MR) is 92.8 cm³/mol. The second kappa shape index (κ2) is 7.27. The quantitative estimate of drug-likeness (QED) is 0.856. The molecular formula is C17H27N5O. The van der Waals surface area contributed by atoms with Crippen LogP contribution in [0.2, 0.25) is 0 Å². The number of aryl methyl sites for hydroxylation is 2. The van der Waals surface area contributed by atoms with Gasteiger partial charge in [-0.3, -0.25) is 0 Å². The van der Waals surface area contributed by atoms with Gasteiger partial charge < -0.3 is 15.4 Å². The smallest absolute Gasteiger partial charge is 0.160 e. The largest absolute Gasteiger partial charge is 0.381 e. The van der Waals surface area contributed by atoms with Crippen molar-refractivity contribution >= 4 is 16.7 Å². The van der Waals surface area contributed by atoms with Crippen molar-refractivity contribution in [2.24, 2.45) is 0 Å². The van der Waals surface area contributed by atoms with E-state index in [0.717, 1.165) is 62.3 Å². The summed E-state index contributed by atoms with van der Waals surface area (Å²) in [7, 11) is 1.98. The van der Waals surface area contributed by atoms with Crippen LogP contribution in [0.3, 0.4) is 0 Å². The van der Waals surface area contributed by atoms with Gasteiger partial charge in [0.1, 0.15) is 0 Å². The Bertz CT molecular complexity index is 661. The Kier molecular flexibility index (Phi) is 5.13. The zero-order valence-corrected chi connectivity index (χ0v) is 14.4. The SMILES string of the molecule is CCc1nc2c(cnn2CC)c(NC2CCOCC2)c1CNC. The second-order valence-electron chi connectivity index (χ2n) is 6.02. The highest BCUT2D eigenvalue weighted by molar-refractivity contribution is 5.91. The van der Waals surface area contributed by atoms with Crippen LogP contribution in [0.25, 0.3) is 11.0 Å². The monoisotopic (exact) mass is 317 g/mol. The van der Waals surface area contributed by atoms with Crippen LogP contribution in [0.15, 0.2) is 6.20 Å². The Hall–Kier alpha value is -1.66. The summed E-state index contributed by atoms with van der Waals surface area (Å²) >= 11 is 0. The normalized spacial score (nSPS) is 16.1. The van der Waals surface area contributed by atoms with E-state index in [2.05, 4.69) is 29.6 Å². The molecule has 6 nitrogen and oxygen atoms in total. The predicted octanol–water partition coefficient (Wildman–Crippen LogP) is 2.32. The molecule has 2 aromatic rings. The molecule has 0 saturated carbocycles.